The quantitative estimate of drug-likeness (QED) is 0.497. The molecule has 0 aromatic heterocycles. The van der Waals surface area contributed by atoms with E-state index in [4.69, 9.17) is 0 Å². The Balaban J connectivity index is 2.40. The zero-order chi connectivity index (χ0) is 16.1. The van der Waals surface area contributed by atoms with Crippen LogP contribution in [0.5, 0.6) is 0 Å². The van der Waals surface area contributed by atoms with E-state index in [-0.39, 0.29) is 10.5 Å². The lowest BCUT2D eigenvalue weighted by molar-refractivity contribution is -0.518. The van der Waals surface area contributed by atoms with Crippen LogP contribution in [-0.2, 0) is 0 Å². The first kappa shape index (κ1) is 16.0. The third-order valence-corrected chi connectivity index (χ3v) is 4.80. The monoisotopic (exact) mass is 317 g/mol. The maximum absolute atomic E-state index is 11.3. The van der Waals surface area contributed by atoms with Crippen molar-refractivity contribution in [3.63, 3.8) is 0 Å². The van der Waals surface area contributed by atoms with Gasteiger partial charge in [-0.05, 0) is 17.7 Å². The van der Waals surface area contributed by atoms with Crippen LogP contribution >= 0.6 is 11.8 Å². The van der Waals surface area contributed by atoms with Gasteiger partial charge in [-0.1, -0.05) is 42.5 Å². The second kappa shape index (κ2) is 7.09. The van der Waals surface area contributed by atoms with E-state index in [0.29, 0.717) is 4.90 Å². The zero-order valence-corrected chi connectivity index (χ0v) is 12.7. The molecule has 0 aliphatic heterocycles. The minimum Gasteiger partial charge on any atom is -0.478 e. The van der Waals surface area contributed by atoms with Gasteiger partial charge in [0, 0.05) is 16.7 Å². The van der Waals surface area contributed by atoms with Gasteiger partial charge in [0.15, 0.2) is 0 Å². The Morgan fingerprint density at radius 1 is 1.14 bits per heavy atom. The Morgan fingerprint density at radius 3 is 2.32 bits per heavy atom. The predicted molar refractivity (Wildman–Crippen MR) is 84.9 cm³/mol. The molecule has 0 spiro atoms. The van der Waals surface area contributed by atoms with Gasteiger partial charge in [-0.3, -0.25) is 10.1 Å². The molecule has 2 rings (SSSR count). The average Bonchev–Trinajstić information content (AvgIpc) is 2.53. The van der Waals surface area contributed by atoms with Crippen molar-refractivity contribution in [2.45, 2.75) is 23.1 Å². The van der Waals surface area contributed by atoms with E-state index >= 15 is 0 Å². The molecule has 2 atom stereocenters. The Kier molecular flexibility index (Phi) is 5.16. The Hall–Kier alpha value is -2.34. The van der Waals surface area contributed by atoms with Crippen LogP contribution in [0.1, 0.15) is 28.1 Å². The topological polar surface area (TPSA) is 80.4 Å². The van der Waals surface area contributed by atoms with Gasteiger partial charge in [0.2, 0.25) is 6.04 Å². The SMILES string of the molecule is CC(C(Sc1ccccc1C(=O)O)c1ccccc1)[N+](=O)[O-]. The Bertz CT molecular complexity index is 675. The lowest BCUT2D eigenvalue weighted by atomic mass is 10.1. The molecule has 0 fully saturated rings. The summed E-state index contributed by atoms with van der Waals surface area (Å²) in [4.78, 5) is 22.7. The average molecular weight is 317 g/mol. The number of nitro groups is 1. The summed E-state index contributed by atoms with van der Waals surface area (Å²) >= 11 is 1.21. The van der Waals surface area contributed by atoms with Crippen LogP contribution in [-0.4, -0.2) is 22.0 Å². The Labute approximate surface area is 132 Å². The van der Waals surface area contributed by atoms with Gasteiger partial charge in [0.25, 0.3) is 0 Å². The van der Waals surface area contributed by atoms with Crippen LogP contribution in [0, 0.1) is 10.1 Å². The summed E-state index contributed by atoms with van der Waals surface area (Å²) in [6.45, 7) is 1.54. The second-order valence-electron chi connectivity index (χ2n) is 4.78. The van der Waals surface area contributed by atoms with Crippen molar-refractivity contribution >= 4 is 17.7 Å². The highest BCUT2D eigenvalue weighted by Gasteiger charge is 2.30. The van der Waals surface area contributed by atoms with Crippen molar-refractivity contribution in [1.82, 2.24) is 0 Å². The third-order valence-electron chi connectivity index (χ3n) is 3.27. The van der Waals surface area contributed by atoms with Crippen molar-refractivity contribution in [3.05, 3.63) is 75.8 Å². The first-order chi connectivity index (χ1) is 10.5. The number of thioether (sulfide) groups is 1. The number of benzene rings is 2. The summed E-state index contributed by atoms with van der Waals surface area (Å²) in [7, 11) is 0. The maximum atomic E-state index is 11.3. The number of nitrogens with zero attached hydrogens (tertiary/aromatic N) is 1. The standard InChI is InChI=1S/C16H15NO4S/c1-11(17(20)21)15(12-7-3-2-4-8-12)22-14-10-6-5-9-13(14)16(18)19/h2-11,15H,1H3,(H,18,19). The molecule has 6 heteroatoms. The minimum absolute atomic E-state index is 0.156. The first-order valence-electron chi connectivity index (χ1n) is 6.68. The number of hydrogen-bond acceptors (Lipinski definition) is 4. The van der Waals surface area contributed by atoms with Gasteiger partial charge in [0.1, 0.15) is 5.25 Å². The van der Waals surface area contributed by atoms with E-state index in [1.807, 2.05) is 30.3 Å². The van der Waals surface area contributed by atoms with Gasteiger partial charge in [-0.2, -0.15) is 0 Å². The fraction of sp³-hybridized carbons (Fsp3) is 0.188. The van der Waals surface area contributed by atoms with E-state index in [1.165, 1.54) is 24.8 Å². The number of rotatable bonds is 6. The molecule has 22 heavy (non-hydrogen) atoms. The summed E-state index contributed by atoms with van der Waals surface area (Å²) in [5, 5.41) is 20.0. The molecule has 0 aliphatic carbocycles. The molecular weight excluding hydrogens is 302 g/mol. The first-order valence-corrected chi connectivity index (χ1v) is 7.56. The molecule has 1 N–H and O–H groups in total. The van der Waals surface area contributed by atoms with Crippen molar-refractivity contribution in [2.24, 2.45) is 0 Å². The largest absolute Gasteiger partial charge is 0.478 e. The number of carbonyl (C=O) groups is 1. The molecule has 2 unspecified atom stereocenters. The highest BCUT2D eigenvalue weighted by molar-refractivity contribution is 7.99. The molecule has 0 radical (unpaired) electrons. The van der Waals surface area contributed by atoms with Crippen LogP contribution in [0.3, 0.4) is 0 Å². The summed E-state index contributed by atoms with van der Waals surface area (Å²) in [6.07, 6.45) is 0. The summed E-state index contributed by atoms with van der Waals surface area (Å²) in [6, 6.07) is 14.8. The van der Waals surface area contributed by atoms with E-state index in [1.54, 1.807) is 18.2 Å². The van der Waals surface area contributed by atoms with Crippen molar-refractivity contribution in [3.8, 4) is 0 Å². The highest BCUT2D eigenvalue weighted by Crippen LogP contribution is 2.40. The van der Waals surface area contributed by atoms with Crippen LogP contribution in [0.25, 0.3) is 0 Å². The molecule has 0 bridgehead atoms. The van der Waals surface area contributed by atoms with Gasteiger partial charge in [-0.25, -0.2) is 4.79 Å². The summed E-state index contributed by atoms with van der Waals surface area (Å²) in [5.74, 6) is -1.04. The smallest absolute Gasteiger partial charge is 0.336 e. The molecule has 0 aliphatic rings. The number of carboxylic acids is 1. The number of hydrogen-bond donors (Lipinski definition) is 1. The van der Waals surface area contributed by atoms with E-state index in [9.17, 15) is 20.0 Å². The second-order valence-corrected chi connectivity index (χ2v) is 5.96. The molecule has 0 saturated carbocycles. The predicted octanol–water partition coefficient (Wildman–Crippen LogP) is 3.88. The molecular formula is C16H15NO4S. The molecule has 114 valence electrons. The van der Waals surface area contributed by atoms with Crippen molar-refractivity contribution < 1.29 is 14.8 Å². The van der Waals surface area contributed by atoms with Crippen molar-refractivity contribution in [1.29, 1.82) is 0 Å². The van der Waals surface area contributed by atoms with Gasteiger partial charge in [0.05, 0.1) is 5.56 Å². The van der Waals surface area contributed by atoms with E-state index in [0.717, 1.165) is 5.56 Å². The van der Waals surface area contributed by atoms with E-state index in [2.05, 4.69) is 0 Å². The zero-order valence-electron chi connectivity index (χ0n) is 11.9. The fourth-order valence-electron chi connectivity index (χ4n) is 2.08. The molecule has 2 aromatic rings. The fourth-order valence-corrected chi connectivity index (χ4v) is 3.38. The van der Waals surface area contributed by atoms with Gasteiger partial charge >= 0.3 is 5.97 Å². The minimum atomic E-state index is -1.04. The number of carboxylic acid groups (broad SMARTS) is 1. The van der Waals surface area contributed by atoms with Gasteiger partial charge < -0.3 is 5.11 Å². The van der Waals surface area contributed by atoms with Crippen LogP contribution in [0.2, 0.25) is 0 Å². The molecule has 0 heterocycles. The van der Waals surface area contributed by atoms with Crippen LogP contribution in [0.15, 0.2) is 59.5 Å². The van der Waals surface area contributed by atoms with Crippen molar-refractivity contribution in [2.75, 3.05) is 0 Å². The lowest BCUT2D eigenvalue weighted by Gasteiger charge is -2.19. The summed E-state index contributed by atoms with van der Waals surface area (Å²) < 4.78 is 0. The normalized spacial score (nSPS) is 13.3. The lowest BCUT2D eigenvalue weighted by Crippen LogP contribution is -2.22. The molecule has 0 amide bonds. The molecule has 0 saturated heterocycles. The Morgan fingerprint density at radius 2 is 1.73 bits per heavy atom. The highest BCUT2D eigenvalue weighted by atomic mass is 32.2. The molecule has 2 aromatic carbocycles. The van der Waals surface area contributed by atoms with Crippen LogP contribution < -0.4 is 0 Å². The van der Waals surface area contributed by atoms with E-state index < -0.39 is 17.3 Å². The summed E-state index contributed by atoms with van der Waals surface area (Å²) in [5.41, 5.74) is 0.959. The van der Waals surface area contributed by atoms with Gasteiger partial charge in [-0.15, -0.1) is 11.8 Å². The number of aromatic carboxylic acids is 1. The molecule has 5 nitrogen and oxygen atoms in total. The third kappa shape index (κ3) is 3.65. The van der Waals surface area contributed by atoms with Crippen LogP contribution in [0.4, 0.5) is 0 Å². The maximum Gasteiger partial charge on any atom is 0.336 e.